The van der Waals surface area contributed by atoms with Gasteiger partial charge in [-0.3, -0.25) is 28.8 Å². The number of hydrogen-bond acceptors (Lipinski definition) is 6. The molecular formula is C27H46N8O2. The molecule has 0 aromatic carbocycles. The van der Waals surface area contributed by atoms with Crippen molar-refractivity contribution in [3.8, 4) is 0 Å². The lowest BCUT2D eigenvalue weighted by Gasteiger charge is -2.23. The van der Waals surface area contributed by atoms with Gasteiger partial charge < -0.3 is 10.2 Å². The van der Waals surface area contributed by atoms with Gasteiger partial charge in [-0.25, -0.2) is 0 Å². The molecular weight excluding hydrogens is 468 g/mol. The molecule has 0 radical (unpaired) electrons. The summed E-state index contributed by atoms with van der Waals surface area (Å²) in [5.41, 5.74) is 3.38. The second kappa shape index (κ2) is 12.7. The third-order valence-electron chi connectivity index (χ3n) is 6.83. The number of aryl methyl sites for hydroxylation is 2. The van der Waals surface area contributed by atoms with Gasteiger partial charge in [-0.05, 0) is 66.5 Å². The van der Waals surface area contributed by atoms with E-state index in [1.165, 1.54) is 0 Å². The van der Waals surface area contributed by atoms with E-state index < -0.39 is 0 Å². The van der Waals surface area contributed by atoms with Crippen molar-refractivity contribution in [3.63, 3.8) is 0 Å². The van der Waals surface area contributed by atoms with E-state index in [-0.39, 0.29) is 17.9 Å². The second-order valence-electron chi connectivity index (χ2n) is 11.2. The number of amides is 2. The SMILES string of the molecule is CC(C)N1CCCn2nc(C(=O)N(C)C)cc2C1.CC(C)NC(=O)c1cc2n(n1)CCCN(C(C)C)C2. The number of nitrogens with one attached hydrogen (secondary N) is 1. The minimum absolute atomic E-state index is 0.0216. The molecule has 0 spiro atoms. The lowest BCUT2D eigenvalue weighted by atomic mass is 10.2. The summed E-state index contributed by atoms with van der Waals surface area (Å²) >= 11 is 0. The molecule has 2 amide bonds. The maximum atomic E-state index is 12.0. The number of aromatic nitrogens is 4. The Bertz CT molecular complexity index is 1050. The Morgan fingerprint density at radius 3 is 1.68 bits per heavy atom. The van der Waals surface area contributed by atoms with E-state index in [1.807, 2.05) is 35.3 Å². The third kappa shape index (κ3) is 7.64. The number of hydrogen-bond donors (Lipinski definition) is 1. The van der Waals surface area contributed by atoms with Crippen molar-refractivity contribution in [2.45, 2.75) is 98.7 Å². The Morgan fingerprint density at radius 2 is 1.24 bits per heavy atom. The Kier molecular flexibility index (Phi) is 9.89. The molecule has 10 nitrogen and oxygen atoms in total. The van der Waals surface area contributed by atoms with Gasteiger partial charge in [0.1, 0.15) is 5.69 Å². The molecule has 0 aliphatic carbocycles. The number of carbonyl (C=O) groups excluding carboxylic acids is 2. The van der Waals surface area contributed by atoms with Gasteiger partial charge in [0.25, 0.3) is 11.8 Å². The van der Waals surface area contributed by atoms with Crippen molar-refractivity contribution >= 4 is 11.8 Å². The van der Waals surface area contributed by atoms with Crippen LogP contribution in [0.1, 0.15) is 86.7 Å². The van der Waals surface area contributed by atoms with Gasteiger partial charge >= 0.3 is 0 Å². The van der Waals surface area contributed by atoms with E-state index in [0.717, 1.165) is 63.5 Å². The van der Waals surface area contributed by atoms with Crippen LogP contribution >= 0.6 is 0 Å². The van der Waals surface area contributed by atoms with Crippen molar-refractivity contribution in [1.29, 1.82) is 0 Å². The molecule has 2 aromatic rings. The molecule has 2 aromatic heterocycles. The lowest BCUT2D eigenvalue weighted by molar-refractivity contribution is 0.0820. The summed E-state index contributed by atoms with van der Waals surface area (Å²) in [5, 5.41) is 11.7. The van der Waals surface area contributed by atoms with Crippen LogP contribution in [0.2, 0.25) is 0 Å². The van der Waals surface area contributed by atoms with Crippen LogP contribution < -0.4 is 5.32 Å². The van der Waals surface area contributed by atoms with Crippen LogP contribution in [0.15, 0.2) is 12.1 Å². The largest absolute Gasteiger partial charge is 0.348 e. The van der Waals surface area contributed by atoms with Gasteiger partial charge in [-0.15, -0.1) is 0 Å². The zero-order valence-corrected chi connectivity index (χ0v) is 24.0. The van der Waals surface area contributed by atoms with Gasteiger partial charge in [-0.2, -0.15) is 10.2 Å². The van der Waals surface area contributed by atoms with Crippen LogP contribution in [0.25, 0.3) is 0 Å². The highest BCUT2D eigenvalue weighted by molar-refractivity contribution is 5.92. The Labute approximate surface area is 222 Å². The smallest absolute Gasteiger partial charge is 0.273 e. The van der Waals surface area contributed by atoms with Crippen molar-refractivity contribution in [2.24, 2.45) is 0 Å². The van der Waals surface area contributed by atoms with E-state index in [9.17, 15) is 9.59 Å². The van der Waals surface area contributed by atoms with Gasteiger partial charge in [-0.1, -0.05) is 0 Å². The van der Waals surface area contributed by atoms with Crippen molar-refractivity contribution in [2.75, 3.05) is 27.2 Å². The Hall–Kier alpha value is -2.72. The fourth-order valence-electron chi connectivity index (χ4n) is 4.64. The molecule has 0 bridgehead atoms. The van der Waals surface area contributed by atoms with E-state index in [1.54, 1.807) is 19.0 Å². The molecule has 0 atom stereocenters. The Balaban J connectivity index is 0.000000206. The second-order valence-corrected chi connectivity index (χ2v) is 11.2. The van der Waals surface area contributed by atoms with Gasteiger partial charge in [0, 0.05) is 71.5 Å². The molecule has 0 unspecified atom stereocenters. The molecule has 2 aliphatic rings. The predicted molar refractivity (Wildman–Crippen MR) is 145 cm³/mol. The number of fused-ring (bicyclic) bond motifs is 2. The first-order valence-electron chi connectivity index (χ1n) is 13.6. The highest BCUT2D eigenvalue weighted by atomic mass is 16.2. The maximum Gasteiger partial charge on any atom is 0.273 e. The van der Waals surface area contributed by atoms with Crippen LogP contribution in [-0.4, -0.2) is 91.4 Å². The first kappa shape index (κ1) is 28.8. The van der Waals surface area contributed by atoms with Crippen molar-refractivity contribution < 1.29 is 9.59 Å². The zero-order valence-electron chi connectivity index (χ0n) is 24.0. The van der Waals surface area contributed by atoms with Crippen molar-refractivity contribution in [3.05, 3.63) is 34.9 Å². The van der Waals surface area contributed by atoms with E-state index in [2.05, 4.69) is 53.0 Å². The number of rotatable bonds is 5. The summed E-state index contributed by atoms with van der Waals surface area (Å²) in [5.74, 6) is -0.0988. The Morgan fingerprint density at radius 1 is 0.784 bits per heavy atom. The zero-order chi connectivity index (χ0) is 27.3. The van der Waals surface area contributed by atoms with Crippen LogP contribution in [0.3, 0.4) is 0 Å². The summed E-state index contributed by atoms with van der Waals surface area (Å²) < 4.78 is 3.97. The molecule has 0 saturated carbocycles. The molecule has 2 aliphatic heterocycles. The summed E-state index contributed by atoms with van der Waals surface area (Å²) in [6.45, 7) is 18.5. The number of nitrogens with zero attached hydrogens (tertiary/aromatic N) is 7. The number of carbonyl (C=O) groups is 2. The van der Waals surface area contributed by atoms with Crippen LogP contribution in [-0.2, 0) is 26.2 Å². The summed E-state index contributed by atoms with van der Waals surface area (Å²) in [6.07, 6.45) is 2.17. The average molecular weight is 515 g/mol. The monoisotopic (exact) mass is 514 g/mol. The molecule has 10 heteroatoms. The first-order chi connectivity index (χ1) is 17.5. The molecule has 0 fully saturated rings. The highest BCUT2D eigenvalue weighted by Crippen LogP contribution is 2.17. The van der Waals surface area contributed by atoms with Gasteiger partial charge in [0.05, 0.1) is 11.4 Å². The normalized spacial score (nSPS) is 16.5. The van der Waals surface area contributed by atoms with Crippen LogP contribution in [0, 0.1) is 0 Å². The van der Waals surface area contributed by atoms with E-state index >= 15 is 0 Å². The quantitative estimate of drug-likeness (QED) is 0.660. The minimum atomic E-state index is -0.0772. The molecule has 0 saturated heterocycles. The van der Waals surface area contributed by atoms with E-state index in [0.29, 0.717) is 23.5 Å². The average Bonchev–Trinajstić information content (AvgIpc) is 3.28. The molecule has 4 rings (SSSR count). The standard InChI is InChI=1S/C14H24N4O.C13H22N4O/c1-10(2)15-14(19)13-8-12-9-17(11(3)4)6-5-7-18(12)16-13;1-10(2)16-6-5-7-17-11(9-16)8-12(14-17)13(18)15(3)4/h8,10-11H,5-7,9H2,1-4H3,(H,15,19);8,10H,5-7,9H2,1-4H3. The minimum Gasteiger partial charge on any atom is -0.348 e. The predicted octanol–water partition coefficient (Wildman–Crippen LogP) is 2.83. The lowest BCUT2D eigenvalue weighted by Crippen LogP contribution is -2.31. The summed E-state index contributed by atoms with van der Waals surface area (Å²) in [7, 11) is 3.51. The third-order valence-corrected chi connectivity index (χ3v) is 6.83. The topological polar surface area (TPSA) is 91.5 Å². The summed E-state index contributed by atoms with van der Waals surface area (Å²) in [6, 6.07) is 5.05. The molecule has 37 heavy (non-hydrogen) atoms. The van der Waals surface area contributed by atoms with Gasteiger partial charge in [0.15, 0.2) is 5.69 Å². The fourth-order valence-corrected chi connectivity index (χ4v) is 4.64. The first-order valence-corrected chi connectivity index (χ1v) is 13.6. The molecule has 1 N–H and O–H groups in total. The molecule has 4 heterocycles. The fraction of sp³-hybridized carbons (Fsp3) is 0.704. The van der Waals surface area contributed by atoms with Crippen LogP contribution in [0.5, 0.6) is 0 Å². The van der Waals surface area contributed by atoms with Crippen LogP contribution in [0.4, 0.5) is 0 Å². The molecule has 206 valence electrons. The van der Waals surface area contributed by atoms with Gasteiger partial charge in [0.2, 0.25) is 0 Å². The highest BCUT2D eigenvalue weighted by Gasteiger charge is 2.22. The van der Waals surface area contributed by atoms with E-state index in [4.69, 9.17) is 0 Å². The summed E-state index contributed by atoms with van der Waals surface area (Å²) in [4.78, 5) is 30.3. The van der Waals surface area contributed by atoms with Crippen molar-refractivity contribution in [1.82, 2.24) is 39.6 Å². The maximum absolute atomic E-state index is 12.0.